The Morgan fingerprint density at radius 3 is 2.84 bits per heavy atom. The SMILES string of the molecule is CCCc1cc(C(=O)O)cc(NC2CCCC2C)n1. The highest BCUT2D eigenvalue weighted by molar-refractivity contribution is 5.88. The first kappa shape index (κ1) is 13.8. The molecule has 1 heterocycles. The van der Waals surface area contributed by atoms with Crippen molar-refractivity contribution in [3.05, 3.63) is 23.4 Å². The minimum Gasteiger partial charge on any atom is -0.478 e. The van der Waals surface area contributed by atoms with Crippen molar-refractivity contribution in [3.8, 4) is 0 Å². The van der Waals surface area contributed by atoms with Gasteiger partial charge in [-0.15, -0.1) is 0 Å². The molecule has 1 aliphatic carbocycles. The van der Waals surface area contributed by atoms with Gasteiger partial charge in [0.15, 0.2) is 0 Å². The van der Waals surface area contributed by atoms with Crippen molar-refractivity contribution in [2.45, 2.75) is 52.0 Å². The number of rotatable bonds is 5. The molecule has 2 atom stereocenters. The molecule has 0 bridgehead atoms. The van der Waals surface area contributed by atoms with E-state index in [2.05, 4.69) is 24.1 Å². The van der Waals surface area contributed by atoms with E-state index in [1.54, 1.807) is 12.1 Å². The molecule has 0 spiro atoms. The van der Waals surface area contributed by atoms with E-state index in [1.807, 2.05) is 0 Å². The molecule has 1 aliphatic rings. The van der Waals surface area contributed by atoms with E-state index in [-0.39, 0.29) is 0 Å². The van der Waals surface area contributed by atoms with Gasteiger partial charge in [-0.25, -0.2) is 9.78 Å². The molecular weight excluding hydrogens is 240 g/mol. The second-order valence-corrected chi connectivity index (χ2v) is 5.45. The summed E-state index contributed by atoms with van der Waals surface area (Å²) in [5.74, 6) is 0.453. The molecule has 19 heavy (non-hydrogen) atoms. The molecule has 2 rings (SSSR count). The fourth-order valence-electron chi connectivity index (χ4n) is 2.72. The lowest BCUT2D eigenvalue weighted by Crippen LogP contribution is -2.23. The molecule has 2 unspecified atom stereocenters. The van der Waals surface area contributed by atoms with E-state index in [9.17, 15) is 4.79 Å². The summed E-state index contributed by atoms with van der Waals surface area (Å²) in [5.41, 5.74) is 1.18. The van der Waals surface area contributed by atoms with Gasteiger partial charge in [-0.3, -0.25) is 0 Å². The summed E-state index contributed by atoms with van der Waals surface area (Å²) >= 11 is 0. The number of aromatic carboxylic acids is 1. The number of carboxylic acids is 1. The summed E-state index contributed by atoms with van der Waals surface area (Å²) in [6, 6.07) is 3.74. The topological polar surface area (TPSA) is 62.2 Å². The Morgan fingerprint density at radius 2 is 2.26 bits per heavy atom. The predicted octanol–water partition coefficient (Wildman–Crippen LogP) is 3.33. The fraction of sp³-hybridized carbons (Fsp3) is 0.600. The average Bonchev–Trinajstić information content (AvgIpc) is 2.75. The van der Waals surface area contributed by atoms with Gasteiger partial charge in [-0.2, -0.15) is 0 Å². The number of carbonyl (C=O) groups is 1. The summed E-state index contributed by atoms with van der Waals surface area (Å²) in [7, 11) is 0. The number of carboxylic acid groups (broad SMARTS) is 1. The van der Waals surface area contributed by atoms with Crippen LogP contribution in [0.3, 0.4) is 0 Å². The highest BCUT2D eigenvalue weighted by atomic mass is 16.4. The summed E-state index contributed by atoms with van der Waals surface area (Å²) < 4.78 is 0. The van der Waals surface area contributed by atoms with Crippen LogP contribution >= 0.6 is 0 Å². The minimum absolute atomic E-state index is 0.326. The van der Waals surface area contributed by atoms with Crippen LogP contribution in [0.2, 0.25) is 0 Å². The largest absolute Gasteiger partial charge is 0.478 e. The number of hydrogen-bond donors (Lipinski definition) is 2. The zero-order chi connectivity index (χ0) is 13.8. The Balaban J connectivity index is 2.20. The molecule has 1 fully saturated rings. The molecule has 1 aromatic rings. The number of aromatic nitrogens is 1. The van der Waals surface area contributed by atoms with Crippen molar-refractivity contribution in [3.63, 3.8) is 0 Å². The molecule has 0 aromatic carbocycles. The van der Waals surface area contributed by atoms with Gasteiger partial charge in [-0.05, 0) is 37.3 Å². The van der Waals surface area contributed by atoms with Crippen LogP contribution in [0.5, 0.6) is 0 Å². The first-order valence-electron chi connectivity index (χ1n) is 7.11. The lowest BCUT2D eigenvalue weighted by molar-refractivity contribution is 0.0696. The Kier molecular flexibility index (Phi) is 4.40. The van der Waals surface area contributed by atoms with Gasteiger partial charge >= 0.3 is 5.97 Å². The number of pyridine rings is 1. The lowest BCUT2D eigenvalue weighted by Gasteiger charge is -2.18. The minimum atomic E-state index is -0.887. The van der Waals surface area contributed by atoms with Crippen molar-refractivity contribution < 1.29 is 9.90 Å². The Labute approximate surface area is 114 Å². The van der Waals surface area contributed by atoms with Crippen LogP contribution in [0, 0.1) is 5.92 Å². The highest BCUT2D eigenvalue weighted by Crippen LogP contribution is 2.27. The second-order valence-electron chi connectivity index (χ2n) is 5.45. The highest BCUT2D eigenvalue weighted by Gasteiger charge is 2.23. The van der Waals surface area contributed by atoms with Crippen LogP contribution in [0.4, 0.5) is 5.82 Å². The Morgan fingerprint density at radius 1 is 1.47 bits per heavy atom. The molecule has 0 amide bonds. The number of hydrogen-bond acceptors (Lipinski definition) is 3. The van der Waals surface area contributed by atoms with Crippen LogP contribution in [0.25, 0.3) is 0 Å². The number of nitrogens with zero attached hydrogens (tertiary/aromatic N) is 1. The molecule has 0 radical (unpaired) electrons. The molecule has 0 aliphatic heterocycles. The second kappa shape index (κ2) is 6.04. The number of nitrogens with one attached hydrogen (secondary N) is 1. The van der Waals surface area contributed by atoms with Gasteiger partial charge in [0.2, 0.25) is 0 Å². The van der Waals surface area contributed by atoms with Crippen LogP contribution in [0.1, 0.15) is 55.6 Å². The average molecular weight is 262 g/mol. The van der Waals surface area contributed by atoms with E-state index < -0.39 is 5.97 Å². The fourth-order valence-corrected chi connectivity index (χ4v) is 2.72. The van der Waals surface area contributed by atoms with Crippen molar-refractivity contribution >= 4 is 11.8 Å². The number of aryl methyl sites for hydroxylation is 1. The summed E-state index contributed by atoms with van der Waals surface area (Å²) in [5, 5.41) is 12.6. The third-order valence-electron chi connectivity index (χ3n) is 3.83. The molecule has 4 heteroatoms. The maximum absolute atomic E-state index is 11.2. The molecule has 2 N–H and O–H groups in total. The quantitative estimate of drug-likeness (QED) is 0.854. The van der Waals surface area contributed by atoms with Crippen LogP contribution in [-0.2, 0) is 6.42 Å². The lowest BCUT2D eigenvalue weighted by atomic mass is 10.1. The van der Waals surface area contributed by atoms with Crippen LogP contribution in [-0.4, -0.2) is 22.1 Å². The standard InChI is InChI=1S/C15H22N2O2/c1-3-5-12-8-11(15(18)19)9-14(16-12)17-13-7-4-6-10(13)2/h8-10,13H,3-7H2,1-2H3,(H,16,17)(H,18,19). The maximum Gasteiger partial charge on any atom is 0.335 e. The summed E-state index contributed by atoms with van der Waals surface area (Å²) in [4.78, 5) is 15.7. The van der Waals surface area contributed by atoms with Crippen LogP contribution in [0.15, 0.2) is 12.1 Å². The molecular formula is C15H22N2O2. The predicted molar refractivity (Wildman–Crippen MR) is 75.6 cm³/mol. The first-order chi connectivity index (χ1) is 9.10. The summed E-state index contributed by atoms with van der Waals surface area (Å²) in [6.45, 7) is 4.31. The van der Waals surface area contributed by atoms with Crippen LogP contribution < -0.4 is 5.32 Å². The molecule has 4 nitrogen and oxygen atoms in total. The summed E-state index contributed by atoms with van der Waals surface area (Å²) in [6.07, 6.45) is 5.39. The third-order valence-corrected chi connectivity index (χ3v) is 3.83. The smallest absolute Gasteiger partial charge is 0.335 e. The van der Waals surface area contributed by atoms with Crippen molar-refractivity contribution in [1.82, 2.24) is 4.98 Å². The molecule has 1 saturated carbocycles. The number of anilines is 1. The Bertz CT molecular complexity index is 459. The zero-order valence-corrected chi connectivity index (χ0v) is 11.6. The molecule has 0 saturated heterocycles. The van der Waals surface area contributed by atoms with Gasteiger partial charge in [-0.1, -0.05) is 26.7 Å². The van der Waals surface area contributed by atoms with Gasteiger partial charge in [0.25, 0.3) is 0 Å². The van der Waals surface area contributed by atoms with Gasteiger partial charge in [0.1, 0.15) is 5.82 Å². The first-order valence-corrected chi connectivity index (χ1v) is 7.11. The zero-order valence-electron chi connectivity index (χ0n) is 11.6. The van der Waals surface area contributed by atoms with E-state index in [0.717, 1.165) is 25.0 Å². The third kappa shape index (κ3) is 3.46. The Hall–Kier alpha value is -1.58. The van der Waals surface area contributed by atoms with Gasteiger partial charge in [0.05, 0.1) is 5.56 Å². The molecule has 1 aromatic heterocycles. The van der Waals surface area contributed by atoms with Crippen molar-refractivity contribution in [2.24, 2.45) is 5.92 Å². The molecule has 104 valence electrons. The van der Waals surface area contributed by atoms with E-state index >= 15 is 0 Å². The van der Waals surface area contributed by atoms with Gasteiger partial charge < -0.3 is 10.4 Å². The van der Waals surface area contributed by atoms with Crippen molar-refractivity contribution in [1.29, 1.82) is 0 Å². The van der Waals surface area contributed by atoms with Crippen molar-refractivity contribution in [2.75, 3.05) is 5.32 Å². The van der Waals surface area contributed by atoms with E-state index in [4.69, 9.17) is 5.11 Å². The normalized spacial score (nSPS) is 22.4. The maximum atomic E-state index is 11.2. The van der Waals surface area contributed by atoms with Gasteiger partial charge in [0, 0.05) is 11.7 Å². The monoisotopic (exact) mass is 262 g/mol. The van der Waals surface area contributed by atoms with E-state index in [0.29, 0.717) is 23.3 Å². The van der Waals surface area contributed by atoms with E-state index in [1.165, 1.54) is 12.8 Å².